The zero-order chi connectivity index (χ0) is 15.8. The molecular formula is C15H22N2O4S. The third-order valence-corrected chi connectivity index (χ3v) is 4.57. The molecule has 2 aliphatic rings. The van der Waals surface area contributed by atoms with Crippen molar-refractivity contribution >= 4 is 28.9 Å². The predicted molar refractivity (Wildman–Crippen MR) is 84.6 cm³/mol. The van der Waals surface area contributed by atoms with Crippen LogP contribution in [0.15, 0.2) is 11.6 Å². The first kappa shape index (κ1) is 16.9. The number of ether oxygens (including phenoxy) is 1. The van der Waals surface area contributed by atoms with Gasteiger partial charge in [0.25, 0.3) is 11.1 Å². The van der Waals surface area contributed by atoms with Crippen molar-refractivity contribution in [2.75, 3.05) is 32.0 Å². The first-order valence-electron chi connectivity index (χ1n) is 7.67. The molecule has 0 aromatic heterocycles. The topological polar surface area (TPSA) is 75.7 Å². The Morgan fingerprint density at radius 1 is 1.36 bits per heavy atom. The van der Waals surface area contributed by atoms with Gasteiger partial charge in [0.15, 0.2) is 6.61 Å². The van der Waals surface area contributed by atoms with Crippen molar-refractivity contribution in [2.24, 2.45) is 0 Å². The monoisotopic (exact) mass is 326 g/mol. The number of allylic oxidation sites excluding steroid dienone is 1. The number of hydrogen-bond donors (Lipinski definition) is 1. The maximum Gasteiger partial charge on any atom is 0.326 e. The molecule has 0 saturated carbocycles. The van der Waals surface area contributed by atoms with Crippen molar-refractivity contribution in [2.45, 2.75) is 32.1 Å². The fraction of sp³-hybridized carbons (Fsp3) is 0.667. The van der Waals surface area contributed by atoms with E-state index in [0.29, 0.717) is 18.8 Å². The zero-order valence-electron chi connectivity index (χ0n) is 12.6. The highest BCUT2D eigenvalue weighted by molar-refractivity contribution is 8.13. The molecule has 7 heteroatoms. The van der Waals surface area contributed by atoms with Crippen LogP contribution in [0.5, 0.6) is 0 Å². The summed E-state index contributed by atoms with van der Waals surface area (Å²) < 4.78 is 4.89. The molecular weight excluding hydrogens is 304 g/mol. The van der Waals surface area contributed by atoms with Crippen molar-refractivity contribution in [1.82, 2.24) is 10.2 Å². The summed E-state index contributed by atoms with van der Waals surface area (Å²) in [6, 6.07) is 0. The number of rotatable bonds is 7. The third kappa shape index (κ3) is 5.71. The lowest BCUT2D eigenvalue weighted by Gasteiger charge is -2.14. The highest BCUT2D eigenvalue weighted by Gasteiger charge is 2.24. The molecule has 0 atom stereocenters. The Labute approximate surface area is 134 Å². The lowest BCUT2D eigenvalue weighted by molar-refractivity contribution is -0.148. The van der Waals surface area contributed by atoms with Crippen LogP contribution in [0, 0.1) is 0 Å². The largest absolute Gasteiger partial charge is 0.454 e. The number of nitrogens with one attached hydrogen (secondary N) is 1. The van der Waals surface area contributed by atoms with Gasteiger partial charge in [0.1, 0.15) is 6.54 Å². The minimum Gasteiger partial charge on any atom is -0.454 e. The number of carbonyl (C=O) groups is 3. The number of esters is 1. The number of thioether (sulfide) groups is 1. The van der Waals surface area contributed by atoms with E-state index in [1.165, 1.54) is 35.1 Å². The van der Waals surface area contributed by atoms with E-state index in [4.69, 9.17) is 4.74 Å². The van der Waals surface area contributed by atoms with Crippen molar-refractivity contribution in [1.29, 1.82) is 0 Å². The van der Waals surface area contributed by atoms with Crippen molar-refractivity contribution in [3.8, 4) is 0 Å². The molecule has 1 saturated heterocycles. The van der Waals surface area contributed by atoms with Gasteiger partial charge < -0.3 is 15.0 Å². The van der Waals surface area contributed by atoms with Crippen molar-refractivity contribution in [3.63, 3.8) is 0 Å². The average Bonchev–Trinajstić information content (AvgIpc) is 2.91. The summed E-state index contributed by atoms with van der Waals surface area (Å²) in [5, 5.41) is 2.64. The first-order valence-corrected chi connectivity index (χ1v) is 8.65. The maximum absolute atomic E-state index is 11.6. The van der Waals surface area contributed by atoms with Crippen LogP contribution in [0.1, 0.15) is 32.1 Å². The minimum atomic E-state index is -0.541. The number of amides is 2. The molecule has 0 unspecified atom stereocenters. The highest BCUT2D eigenvalue weighted by Crippen LogP contribution is 2.19. The summed E-state index contributed by atoms with van der Waals surface area (Å²) in [6.07, 6.45) is 7.84. The molecule has 1 aliphatic heterocycles. The second kappa shape index (κ2) is 8.82. The van der Waals surface area contributed by atoms with Crippen molar-refractivity contribution in [3.05, 3.63) is 11.6 Å². The maximum atomic E-state index is 11.6. The second-order valence-electron chi connectivity index (χ2n) is 5.40. The van der Waals surface area contributed by atoms with Gasteiger partial charge in [-0.1, -0.05) is 23.4 Å². The highest BCUT2D eigenvalue weighted by atomic mass is 32.2. The number of nitrogens with zero attached hydrogens (tertiary/aromatic N) is 1. The minimum absolute atomic E-state index is 0.0774. The van der Waals surface area contributed by atoms with Crippen LogP contribution in [-0.4, -0.2) is 54.0 Å². The summed E-state index contributed by atoms with van der Waals surface area (Å²) in [4.78, 5) is 35.9. The Morgan fingerprint density at radius 2 is 2.23 bits per heavy atom. The van der Waals surface area contributed by atoms with E-state index in [9.17, 15) is 14.4 Å². The molecule has 1 N–H and O–H groups in total. The van der Waals surface area contributed by atoms with Gasteiger partial charge >= 0.3 is 5.97 Å². The van der Waals surface area contributed by atoms with E-state index in [1.807, 2.05) is 0 Å². The molecule has 22 heavy (non-hydrogen) atoms. The van der Waals surface area contributed by atoms with Crippen LogP contribution in [0.2, 0.25) is 0 Å². The van der Waals surface area contributed by atoms with Gasteiger partial charge in [-0.3, -0.25) is 14.4 Å². The van der Waals surface area contributed by atoms with Crippen molar-refractivity contribution < 1.29 is 19.1 Å². The molecule has 0 aromatic rings. The van der Waals surface area contributed by atoms with E-state index >= 15 is 0 Å². The summed E-state index contributed by atoms with van der Waals surface area (Å²) in [5.74, 6) is -0.143. The van der Waals surface area contributed by atoms with Gasteiger partial charge in [0, 0.05) is 18.8 Å². The molecule has 2 amide bonds. The molecule has 0 bridgehead atoms. The van der Waals surface area contributed by atoms with Crippen LogP contribution in [0.4, 0.5) is 4.79 Å². The van der Waals surface area contributed by atoms with Crippen LogP contribution >= 0.6 is 11.8 Å². The number of carbonyl (C=O) groups excluding carboxylic acids is 3. The quantitative estimate of drug-likeness (QED) is 0.569. The fourth-order valence-corrected chi connectivity index (χ4v) is 3.29. The van der Waals surface area contributed by atoms with E-state index in [-0.39, 0.29) is 24.3 Å². The van der Waals surface area contributed by atoms with Crippen LogP contribution in [-0.2, 0) is 14.3 Å². The first-order chi connectivity index (χ1) is 10.6. The van der Waals surface area contributed by atoms with E-state index in [1.54, 1.807) is 0 Å². The summed E-state index contributed by atoms with van der Waals surface area (Å²) >= 11 is 1.19. The summed E-state index contributed by atoms with van der Waals surface area (Å²) in [7, 11) is 0. The molecule has 0 spiro atoms. The van der Waals surface area contributed by atoms with Gasteiger partial charge in [-0.15, -0.1) is 0 Å². The zero-order valence-corrected chi connectivity index (χ0v) is 13.5. The molecule has 0 aromatic carbocycles. The van der Waals surface area contributed by atoms with Crippen LogP contribution < -0.4 is 5.32 Å². The Morgan fingerprint density at radius 3 is 2.91 bits per heavy atom. The molecule has 122 valence electrons. The summed E-state index contributed by atoms with van der Waals surface area (Å²) in [6.45, 7) is 0.766. The van der Waals surface area contributed by atoms with Gasteiger partial charge in [-0.05, 0) is 32.1 Å². The molecule has 1 heterocycles. The Hall–Kier alpha value is -1.50. The Balaban J connectivity index is 1.55. The Kier molecular flexibility index (Phi) is 6.76. The van der Waals surface area contributed by atoms with E-state index in [0.717, 1.165) is 19.3 Å². The van der Waals surface area contributed by atoms with E-state index < -0.39 is 5.97 Å². The smallest absolute Gasteiger partial charge is 0.326 e. The standard InChI is InChI=1S/C15H22N2O4S/c18-13(16-7-6-12-4-2-1-3-5-12)11-21-14(19)10-17-8-9-22-15(17)20/h4H,1-3,5-11H2,(H,16,18). The van der Waals surface area contributed by atoms with Gasteiger partial charge in [-0.2, -0.15) is 0 Å². The normalized spacial score (nSPS) is 18.1. The van der Waals surface area contributed by atoms with Gasteiger partial charge in [0.05, 0.1) is 0 Å². The van der Waals surface area contributed by atoms with Crippen LogP contribution in [0.25, 0.3) is 0 Å². The summed E-state index contributed by atoms with van der Waals surface area (Å²) in [5.41, 5.74) is 1.40. The van der Waals surface area contributed by atoms with Gasteiger partial charge in [-0.25, -0.2) is 0 Å². The third-order valence-electron chi connectivity index (χ3n) is 3.68. The molecule has 1 aliphatic carbocycles. The Bertz CT molecular complexity index is 464. The SMILES string of the molecule is O=C(COC(=O)CN1CCSC1=O)NCCC1=CCCCC1. The average molecular weight is 326 g/mol. The van der Waals surface area contributed by atoms with Gasteiger partial charge in [0.2, 0.25) is 0 Å². The lowest BCUT2D eigenvalue weighted by Crippen LogP contribution is -2.34. The fourth-order valence-electron chi connectivity index (χ4n) is 2.46. The predicted octanol–water partition coefficient (Wildman–Crippen LogP) is 1.71. The molecule has 1 fully saturated rings. The van der Waals surface area contributed by atoms with Crippen LogP contribution in [0.3, 0.4) is 0 Å². The molecule has 2 rings (SSSR count). The number of hydrogen-bond acceptors (Lipinski definition) is 5. The lowest BCUT2D eigenvalue weighted by atomic mass is 9.97. The molecule has 0 radical (unpaired) electrons. The second-order valence-corrected chi connectivity index (χ2v) is 6.45. The van der Waals surface area contributed by atoms with E-state index in [2.05, 4.69) is 11.4 Å². The molecule has 6 nitrogen and oxygen atoms in total.